The van der Waals surface area contributed by atoms with Gasteiger partial charge in [-0.05, 0) is 57.7 Å². The molecule has 0 aliphatic carbocycles. The fourth-order valence-electron chi connectivity index (χ4n) is 1.97. The molecule has 0 amide bonds. The number of benzene rings is 1. The molecule has 1 aromatic carbocycles. The number of rotatable bonds is 5. The minimum absolute atomic E-state index is 0.0915. The Bertz CT molecular complexity index is 627. The molecule has 0 aliphatic rings. The summed E-state index contributed by atoms with van der Waals surface area (Å²) < 4.78 is 14.6. The summed E-state index contributed by atoms with van der Waals surface area (Å²) in [6.07, 6.45) is 0. The maximum atomic E-state index is 13.5. The van der Waals surface area contributed by atoms with Crippen molar-refractivity contribution in [2.24, 2.45) is 5.73 Å². The number of nitrogens with zero attached hydrogens (tertiary/aromatic N) is 1. The normalized spacial score (nSPS) is 11.0. The zero-order valence-electron chi connectivity index (χ0n) is 10.9. The van der Waals surface area contributed by atoms with Gasteiger partial charge >= 0.3 is 0 Å². The monoisotopic (exact) mass is 372 g/mol. The van der Waals surface area contributed by atoms with Crippen LogP contribution < -0.4 is 5.73 Å². The Morgan fingerprint density at radius 1 is 1.35 bits per heavy atom. The van der Waals surface area contributed by atoms with Crippen molar-refractivity contribution in [2.75, 3.05) is 7.05 Å². The van der Waals surface area contributed by atoms with Gasteiger partial charge in [-0.25, -0.2) is 4.39 Å². The smallest absolute Gasteiger partial charge is 0.133 e. The van der Waals surface area contributed by atoms with E-state index in [9.17, 15) is 4.39 Å². The molecule has 2 rings (SSSR count). The summed E-state index contributed by atoms with van der Waals surface area (Å²) in [5.41, 5.74) is 8.07. The van der Waals surface area contributed by atoms with Crippen molar-refractivity contribution in [3.05, 3.63) is 55.9 Å². The number of hydrogen-bond acceptors (Lipinski definition) is 3. The molecule has 0 fully saturated rings. The van der Waals surface area contributed by atoms with E-state index >= 15 is 0 Å². The minimum Gasteiger partial charge on any atom is -0.389 e. The van der Waals surface area contributed by atoms with Gasteiger partial charge in [-0.2, -0.15) is 0 Å². The fourth-order valence-corrected chi connectivity index (χ4v) is 3.32. The summed E-state index contributed by atoms with van der Waals surface area (Å²) in [5.74, 6) is -0.370. The van der Waals surface area contributed by atoms with E-state index < -0.39 is 0 Å². The van der Waals surface area contributed by atoms with Crippen LogP contribution in [0.3, 0.4) is 0 Å². The lowest BCUT2D eigenvalue weighted by molar-refractivity contribution is 0.319. The van der Waals surface area contributed by atoms with Crippen LogP contribution >= 0.6 is 39.5 Å². The maximum Gasteiger partial charge on any atom is 0.133 e. The lowest BCUT2D eigenvalue weighted by Crippen LogP contribution is -2.18. The highest BCUT2D eigenvalue weighted by atomic mass is 79.9. The van der Waals surface area contributed by atoms with Crippen LogP contribution in [0.25, 0.3) is 0 Å². The fraction of sp³-hybridized carbons (Fsp3) is 0.214. The van der Waals surface area contributed by atoms with Gasteiger partial charge in [0.05, 0.1) is 3.79 Å². The van der Waals surface area contributed by atoms with Crippen LogP contribution in [0.15, 0.2) is 33.4 Å². The van der Waals surface area contributed by atoms with Gasteiger partial charge in [0, 0.05) is 18.7 Å². The first kappa shape index (κ1) is 15.6. The Kier molecular flexibility index (Phi) is 5.26. The molecule has 0 bridgehead atoms. The molecule has 106 valence electrons. The van der Waals surface area contributed by atoms with E-state index in [1.54, 1.807) is 23.5 Å². The molecule has 2 aromatic rings. The molecule has 1 aromatic heterocycles. The van der Waals surface area contributed by atoms with Crippen molar-refractivity contribution in [3.63, 3.8) is 0 Å². The predicted molar refractivity (Wildman–Crippen MR) is 89.5 cm³/mol. The lowest BCUT2D eigenvalue weighted by atomic mass is 10.1. The number of thiocarbonyl (C=S) groups is 1. The summed E-state index contributed by atoms with van der Waals surface area (Å²) in [4.78, 5) is 2.25. The van der Waals surface area contributed by atoms with Crippen LogP contribution in [0.1, 0.15) is 16.7 Å². The molecular formula is C14H14BrFN2S2. The van der Waals surface area contributed by atoms with E-state index in [1.807, 2.05) is 7.05 Å². The standard InChI is InChI=1S/C14H14BrFN2S2/c1-18(7-10-5-13(15)20-8-10)6-9-2-3-12(16)11(4-9)14(17)19/h2-5,8H,6-7H2,1H3,(H2,17,19). The molecule has 2 nitrogen and oxygen atoms in total. The van der Waals surface area contributed by atoms with Gasteiger partial charge in [-0.3, -0.25) is 4.90 Å². The SMILES string of the molecule is CN(Cc1csc(Br)c1)Cc1ccc(F)c(C(N)=S)c1. The lowest BCUT2D eigenvalue weighted by Gasteiger charge is -2.16. The molecule has 0 saturated carbocycles. The summed E-state index contributed by atoms with van der Waals surface area (Å²) in [5, 5.41) is 2.12. The summed E-state index contributed by atoms with van der Waals surface area (Å²) in [6, 6.07) is 7.00. The molecule has 0 spiro atoms. The van der Waals surface area contributed by atoms with Crippen molar-refractivity contribution < 1.29 is 4.39 Å². The van der Waals surface area contributed by atoms with Crippen molar-refractivity contribution in [1.82, 2.24) is 4.90 Å². The van der Waals surface area contributed by atoms with Gasteiger partial charge in [0.15, 0.2) is 0 Å². The van der Waals surface area contributed by atoms with Crippen molar-refractivity contribution in [1.29, 1.82) is 0 Å². The molecule has 20 heavy (non-hydrogen) atoms. The van der Waals surface area contributed by atoms with Crippen LogP contribution in [0, 0.1) is 5.82 Å². The second-order valence-corrected chi connectivity index (χ2v) is 7.34. The number of halogens is 2. The van der Waals surface area contributed by atoms with E-state index in [2.05, 4.69) is 32.3 Å². The Hall–Kier alpha value is -0.820. The topological polar surface area (TPSA) is 29.3 Å². The van der Waals surface area contributed by atoms with E-state index in [0.717, 1.165) is 15.9 Å². The van der Waals surface area contributed by atoms with Crippen LogP contribution in [0.5, 0.6) is 0 Å². The summed E-state index contributed by atoms with van der Waals surface area (Å²) in [7, 11) is 2.02. The Morgan fingerprint density at radius 3 is 2.65 bits per heavy atom. The van der Waals surface area contributed by atoms with Gasteiger partial charge in [-0.15, -0.1) is 11.3 Å². The van der Waals surface area contributed by atoms with Crippen LogP contribution in [0.2, 0.25) is 0 Å². The zero-order chi connectivity index (χ0) is 14.7. The molecular weight excluding hydrogens is 359 g/mol. The first-order valence-electron chi connectivity index (χ1n) is 5.95. The molecule has 0 radical (unpaired) electrons. The molecule has 0 unspecified atom stereocenters. The van der Waals surface area contributed by atoms with Crippen LogP contribution in [0.4, 0.5) is 4.39 Å². The molecule has 0 aliphatic heterocycles. The van der Waals surface area contributed by atoms with Gasteiger partial charge in [-0.1, -0.05) is 18.3 Å². The molecule has 0 atom stereocenters. The van der Waals surface area contributed by atoms with Crippen molar-refractivity contribution in [3.8, 4) is 0 Å². The highest BCUT2D eigenvalue weighted by molar-refractivity contribution is 9.11. The van der Waals surface area contributed by atoms with Crippen LogP contribution in [-0.2, 0) is 13.1 Å². The predicted octanol–water partition coefficient (Wildman–Crippen LogP) is 3.92. The van der Waals surface area contributed by atoms with Gasteiger partial charge in [0.1, 0.15) is 10.8 Å². The minimum atomic E-state index is -0.370. The van der Waals surface area contributed by atoms with Crippen molar-refractivity contribution >= 4 is 44.5 Å². The number of nitrogens with two attached hydrogens (primary N) is 1. The molecule has 0 saturated heterocycles. The summed E-state index contributed by atoms with van der Waals surface area (Å²) >= 11 is 9.97. The van der Waals surface area contributed by atoms with Gasteiger partial charge in [0.25, 0.3) is 0 Å². The Labute approximate surface area is 135 Å². The van der Waals surface area contributed by atoms with E-state index in [1.165, 1.54) is 11.6 Å². The molecule has 2 N–H and O–H groups in total. The molecule has 1 heterocycles. The third-order valence-corrected chi connectivity index (χ3v) is 4.60. The van der Waals surface area contributed by atoms with Gasteiger partial charge < -0.3 is 5.73 Å². The summed E-state index contributed by atoms with van der Waals surface area (Å²) in [6.45, 7) is 1.55. The first-order chi connectivity index (χ1) is 9.45. The van der Waals surface area contributed by atoms with Gasteiger partial charge in [0.2, 0.25) is 0 Å². The maximum absolute atomic E-state index is 13.5. The van der Waals surface area contributed by atoms with E-state index in [4.69, 9.17) is 18.0 Å². The highest BCUT2D eigenvalue weighted by Crippen LogP contribution is 2.22. The third-order valence-electron chi connectivity index (χ3n) is 2.82. The van der Waals surface area contributed by atoms with E-state index in [-0.39, 0.29) is 10.8 Å². The number of hydrogen-bond donors (Lipinski definition) is 1. The Morgan fingerprint density at radius 2 is 2.05 bits per heavy atom. The van der Waals surface area contributed by atoms with Crippen molar-refractivity contribution in [2.45, 2.75) is 13.1 Å². The highest BCUT2D eigenvalue weighted by Gasteiger charge is 2.08. The average molecular weight is 373 g/mol. The Balaban J connectivity index is 2.06. The second kappa shape index (κ2) is 6.76. The third kappa shape index (κ3) is 4.09. The average Bonchev–Trinajstić information content (AvgIpc) is 2.76. The number of thiophene rings is 1. The zero-order valence-corrected chi connectivity index (χ0v) is 14.1. The van der Waals surface area contributed by atoms with Crippen LogP contribution in [-0.4, -0.2) is 16.9 Å². The first-order valence-corrected chi connectivity index (χ1v) is 8.03. The van der Waals surface area contributed by atoms with E-state index in [0.29, 0.717) is 12.1 Å². The second-order valence-electron chi connectivity index (χ2n) is 4.61. The molecule has 6 heteroatoms. The largest absolute Gasteiger partial charge is 0.389 e. The quantitative estimate of drug-likeness (QED) is 0.806.